The average molecular weight is 291 g/mol. The second-order valence-electron chi connectivity index (χ2n) is 6.71. The van der Waals surface area contributed by atoms with Crippen LogP contribution in [0.25, 0.3) is 0 Å². The number of hydrogen-bond acceptors (Lipinski definition) is 5. The Balaban J connectivity index is 1.79. The number of nitrogens with one attached hydrogen (secondary N) is 1. The van der Waals surface area contributed by atoms with E-state index >= 15 is 0 Å². The van der Waals surface area contributed by atoms with Crippen molar-refractivity contribution in [2.75, 3.05) is 25.0 Å². The first-order chi connectivity index (χ1) is 9.99. The van der Waals surface area contributed by atoms with Crippen LogP contribution in [0.2, 0.25) is 0 Å². The molecule has 2 aliphatic rings. The van der Waals surface area contributed by atoms with Crippen LogP contribution in [0.15, 0.2) is 11.2 Å². The maximum absolute atomic E-state index is 5.74. The Bertz CT molecular complexity index is 543. The predicted octanol–water partition coefficient (Wildman–Crippen LogP) is 2.03. The van der Waals surface area contributed by atoms with Crippen molar-refractivity contribution >= 4 is 11.8 Å². The summed E-state index contributed by atoms with van der Waals surface area (Å²) in [6, 6.07) is 0. The molecule has 1 atom stereocenters. The molecule has 6 nitrogen and oxygen atoms in total. The summed E-state index contributed by atoms with van der Waals surface area (Å²) in [5.41, 5.74) is 1.12. The second-order valence-corrected chi connectivity index (χ2v) is 6.71. The number of ether oxygens (including phenoxy) is 1. The molecule has 21 heavy (non-hydrogen) atoms. The maximum Gasteiger partial charge on any atom is 0.200 e. The molecule has 0 amide bonds. The Morgan fingerprint density at radius 3 is 2.95 bits per heavy atom. The summed E-state index contributed by atoms with van der Waals surface area (Å²) in [6.07, 6.45) is 3.26. The van der Waals surface area contributed by atoms with Gasteiger partial charge in [0.2, 0.25) is 0 Å². The SMILES string of the molecule is CC[C@@H]1CN(C2=NCc3cnn(C(C)(C)C)c3N2)CCO1. The third-order valence-electron chi connectivity index (χ3n) is 4.00. The molecule has 0 spiro atoms. The quantitative estimate of drug-likeness (QED) is 0.860. The number of fused-ring (bicyclic) bond motifs is 1. The summed E-state index contributed by atoms with van der Waals surface area (Å²) in [6.45, 7) is 11.9. The summed E-state index contributed by atoms with van der Waals surface area (Å²) < 4.78 is 7.79. The van der Waals surface area contributed by atoms with Crippen LogP contribution in [0.4, 0.5) is 5.82 Å². The van der Waals surface area contributed by atoms with Gasteiger partial charge in [0.25, 0.3) is 0 Å². The number of morpholine rings is 1. The normalized spacial score (nSPS) is 22.6. The summed E-state index contributed by atoms with van der Waals surface area (Å²) in [5.74, 6) is 2.03. The highest BCUT2D eigenvalue weighted by Crippen LogP contribution is 2.27. The molecule has 6 heteroatoms. The minimum Gasteiger partial charge on any atom is -0.375 e. The number of rotatable bonds is 1. The lowest BCUT2D eigenvalue weighted by Gasteiger charge is -2.36. The molecule has 0 unspecified atom stereocenters. The molecule has 116 valence electrons. The first-order valence-electron chi connectivity index (χ1n) is 7.74. The van der Waals surface area contributed by atoms with Crippen molar-refractivity contribution in [1.29, 1.82) is 0 Å². The summed E-state index contributed by atoms with van der Waals surface area (Å²) >= 11 is 0. The molecule has 0 aromatic carbocycles. The van der Waals surface area contributed by atoms with Crippen LogP contribution >= 0.6 is 0 Å². The number of hydrogen-bond donors (Lipinski definition) is 1. The van der Waals surface area contributed by atoms with E-state index in [0.717, 1.165) is 43.5 Å². The highest BCUT2D eigenvalue weighted by molar-refractivity contribution is 5.95. The molecule has 1 fully saturated rings. The number of anilines is 1. The number of aromatic nitrogens is 2. The van der Waals surface area contributed by atoms with Gasteiger partial charge in [-0.3, -0.25) is 0 Å². The van der Waals surface area contributed by atoms with Gasteiger partial charge in [-0.05, 0) is 27.2 Å². The molecule has 0 aliphatic carbocycles. The monoisotopic (exact) mass is 291 g/mol. The number of aliphatic imine (C=N–C) groups is 1. The van der Waals surface area contributed by atoms with Gasteiger partial charge in [0, 0.05) is 18.7 Å². The van der Waals surface area contributed by atoms with E-state index in [1.54, 1.807) is 0 Å². The number of guanidine groups is 1. The van der Waals surface area contributed by atoms with E-state index < -0.39 is 0 Å². The van der Waals surface area contributed by atoms with Crippen LogP contribution in [0.3, 0.4) is 0 Å². The van der Waals surface area contributed by atoms with Crippen LogP contribution in [0.1, 0.15) is 39.7 Å². The first kappa shape index (κ1) is 14.4. The van der Waals surface area contributed by atoms with E-state index in [0.29, 0.717) is 12.6 Å². The number of nitrogens with zero attached hydrogens (tertiary/aromatic N) is 4. The van der Waals surface area contributed by atoms with Gasteiger partial charge in [0.1, 0.15) is 5.82 Å². The lowest BCUT2D eigenvalue weighted by Crippen LogP contribution is -2.49. The molecular formula is C15H25N5O. The highest BCUT2D eigenvalue weighted by atomic mass is 16.5. The maximum atomic E-state index is 5.74. The zero-order valence-electron chi connectivity index (χ0n) is 13.4. The van der Waals surface area contributed by atoms with Gasteiger partial charge >= 0.3 is 0 Å². The molecule has 1 aromatic heterocycles. The van der Waals surface area contributed by atoms with E-state index in [1.807, 2.05) is 6.20 Å². The predicted molar refractivity (Wildman–Crippen MR) is 83.6 cm³/mol. The minimum absolute atomic E-state index is 0.0417. The van der Waals surface area contributed by atoms with E-state index in [9.17, 15) is 0 Å². The molecule has 0 bridgehead atoms. The van der Waals surface area contributed by atoms with Gasteiger partial charge < -0.3 is 15.0 Å². The van der Waals surface area contributed by atoms with Crippen molar-refractivity contribution in [2.45, 2.75) is 52.3 Å². The van der Waals surface area contributed by atoms with Crippen LogP contribution < -0.4 is 5.32 Å². The van der Waals surface area contributed by atoms with Crippen LogP contribution in [0, 0.1) is 0 Å². The van der Waals surface area contributed by atoms with E-state index in [1.165, 1.54) is 0 Å². The fourth-order valence-electron chi connectivity index (χ4n) is 2.78. The third kappa shape index (κ3) is 2.77. The standard InChI is InChI=1S/C15H25N5O/c1-5-12-10-19(6-7-21-12)14-16-8-11-9-17-20(13(11)18-14)15(2,3)4/h9,12H,5-8,10H2,1-4H3,(H,16,18)/t12-/m1/s1. The van der Waals surface area contributed by atoms with Crippen LogP contribution in [-0.4, -0.2) is 46.4 Å². The van der Waals surface area contributed by atoms with Crippen molar-refractivity contribution in [1.82, 2.24) is 14.7 Å². The fraction of sp³-hybridized carbons (Fsp3) is 0.733. The van der Waals surface area contributed by atoms with Gasteiger partial charge in [0.15, 0.2) is 5.96 Å². The van der Waals surface area contributed by atoms with Gasteiger partial charge in [-0.1, -0.05) is 6.92 Å². The molecule has 0 radical (unpaired) electrons. The molecule has 0 saturated carbocycles. The average Bonchev–Trinajstić information content (AvgIpc) is 2.90. The summed E-state index contributed by atoms with van der Waals surface area (Å²) in [7, 11) is 0. The van der Waals surface area contributed by atoms with Gasteiger partial charge in [-0.2, -0.15) is 5.10 Å². The van der Waals surface area contributed by atoms with Gasteiger partial charge in [0.05, 0.1) is 31.0 Å². The van der Waals surface area contributed by atoms with Crippen molar-refractivity contribution < 1.29 is 4.74 Å². The lowest BCUT2D eigenvalue weighted by atomic mass is 10.1. The van der Waals surface area contributed by atoms with Gasteiger partial charge in [-0.25, -0.2) is 9.67 Å². The van der Waals surface area contributed by atoms with E-state index in [2.05, 4.69) is 52.7 Å². The molecule has 2 aliphatic heterocycles. The molecule has 1 saturated heterocycles. The summed E-state index contributed by atoms with van der Waals surface area (Å²) in [5, 5.41) is 8.00. The minimum atomic E-state index is -0.0417. The fourth-order valence-corrected chi connectivity index (χ4v) is 2.78. The molecule has 3 rings (SSSR count). The van der Waals surface area contributed by atoms with Crippen molar-refractivity contribution in [3.63, 3.8) is 0 Å². The topological polar surface area (TPSA) is 54.7 Å². The van der Waals surface area contributed by atoms with Crippen LogP contribution in [0.5, 0.6) is 0 Å². The van der Waals surface area contributed by atoms with Crippen molar-refractivity contribution in [3.05, 3.63) is 11.8 Å². The smallest absolute Gasteiger partial charge is 0.200 e. The second kappa shape index (κ2) is 5.33. The third-order valence-corrected chi connectivity index (χ3v) is 4.00. The van der Waals surface area contributed by atoms with Crippen LogP contribution in [-0.2, 0) is 16.8 Å². The van der Waals surface area contributed by atoms with Crippen molar-refractivity contribution in [2.24, 2.45) is 4.99 Å². The molecule has 1 N–H and O–H groups in total. The zero-order valence-corrected chi connectivity index (χ0v) is 13.4. The molecule has 1 aromatic rings. The molecular weight excluding hydrogens is 266 g/mol. The van der Waals surface area contributed by atoms with Crippen molar-refractivity contribution in [3.8, 4) is 0 Å². The van der Waals surface area contributed by atoms with E-state index in [4.69, 9.17) is 4.74 Å². The lowest BCUT2D eigenvalue weighted by molar-refractivity contribution is -0.00715. The first-order valence-corrected chi connectivity index (χ1v) is 7.74. The zero-order chi connectivity index (χ0) is 15.0. The Labute approximate surface area is 126 Å². The Hall–Kier alpha value is -1.56. The van der Waals surface area contributed by atoms with Gasteiger partial charge in [-0.15, -0.1) is 0 Å². The Morgan fingerprint density at radius 1 is 1.43 bits per heavy atom. The summed E-state index contributed by atoms with van der Waals surface area (Å²) in [4.78, 5) is 6.97. The van der Waals surface area contributed by atoms with E-state index in [-0.39, 0.29) is 5.54 Å². The molecule has 3 heterocycles. The largest absolute Gasteiger partial charge is 0.375 e. The Kier molecular flexibility index (Phi) is 3.65. The highest BCUT2D eigenvalue weighted by Gasteiger charge is 2.28. The Morgan fingerprint density at radius 2 is 2.24 bits per heavy atom.